The van der Waals surface area contributed by atoms with Crippen LogP contribution < -0.4 is 9.47 Å². The number of hydrogen-bond donors (Lipinski definition) is 0. The summed E-state index contributed by atoms with van der Waals surface area (Å²) in [6, 6.07) is 14.0. The van der Waals surface area contributed by atoms with Crippen LogP contribution in [-0.4, -0.2) is 43.5 Å². The molecular formula is C21H21N3O4S. The van der Waals surface area contributed by atoms with Crippen molar-refractivity contribution in [1.29, 1.82) is 0 Å². The van der Waals surface area contributed by atoms with Crippen LogP contribution in [0.15, 0.2) is 59.6 Å². The van der Waals surface area contributed by atoms with Crippen molar-refractivity contribution in [1.82, 2.24) is 14.3 Å². The first-order valence-electron chi connectivity index (χ1n) is 9.14. The molecule has 2 heterocycles. The van der Waals surface area contributed by atoms with Crippen molar-refractivity contribution in [3.63, 3.8) is 0 Å². The third-order valence-corrected chi connectivity index (χ3v) is 6.80. The van der Waals surface area contributed by atoms with E-state index in [-0.39, 0.29) is 11.4 Å². The largest absolute Gasteiger partial charge is 0.497 e. The van der Waals surface area contributed by atoms with Gasteiger partial charge in [0.25, 0.3) is 0 Å². The maximum absolute atomic E-state index is 13.0. The molecule has 0 radical (unpaired) electrons. The molecule has 3 aromatic rings. The summed E-state index contributed by atoms with van der Waals surface area (Å²) >= 11 is 0. The molecule has 1 aromatic heterocycles. The van der Waals surface area contributed by atoms with Crippen LogP contribution in [0.5, 0.6) is 11.5 Å². The van der Waals surface area contributed by atoms with Gasteiger partial charge in [0.2, 0.25) is 10.0 Å². The van der Waals surface area contributed by atoms with E-state index in [1.807, 2.05) is 24.3 Å². The molecule has 0 unspecified atom stereocenters. The van der Waals surface area contributed by atoms with Gasteiger partial charge in [0, 0.05) is 36.8 Å². The molecular weight excluding hydrogens is 390 g/mol. The molecule has 1 aliphatic rings. The van der Waals surface area contributed by atoms with Crippen molar-refractivity contribution >= 4 is 10.0 Å². The molecule has 1 aliphatic heterocycles. The molecule has 150 valence electrons. The fraction of sp³-hybridized carbons (Fsp3) is 0.238. The summed E-state index contributed by atoms with van der Waals surface area (Å²) in [5.41, 5.74) is 2.60. The number of nitrogens with zero attached hydrogens (tertiary/aromatic N) is 3. The lowest BCUT2D eigenvalue weighted by molar-refractivity contribution is 0.386. The van der Waals surface area contributed by atoms with Crippen LogP contribution in [0.4, 0.5) is 0 Å². The van der Waals surface area contributed by atoms with Crippen LogP contribution in [0, 0.1) is 0 Å². The van der Waals surface area contributed by atoms with E-state index in [0.717, 1.165) is 22.6 Å². The molecule has 8 heteroatoms. The number of fused-ring (bicyclic) bond motifs is 1. The van der Waals surface area contributed by atoms with E-state index in [0.29, 0.717) is 24.5 Å². The zero-order chi connectivity index (χ0) is 20.4. The Morgan fingerprint density at radius 2 is 1.55 bits per heavy atom. The number of methoxy groups -OCH3 is 2. The predicted octanol–water partition coefficient (Wildman–Crippen LogP) is 2.91. The molecule has 7 nitrogen and oxygen atoms in total. The van der Waals surface area contributed by atoms with Crippen LogP contribution in [-0.2, 0) is 23.0 Å². The second-order valence-electron chi connectivity index (χ2n) is 6.66. The minimum absolute atomic E-state index is 0.248. The first-order chi connectivity index (χ1) is 14.0. The average Bonchev–Trinajstić information content (AvgIpc) is 2.78. The minimum atomic E-state index is -3.59. The maximum Gasteiger partial charge on any atom is 0.243 e. The van der Waals surface area contributed by atoms with E-state index in [1.54, 1.807) is 44.7 Å². The van der Waals surface area contributed by atoms with Crippen molar-refractivity contribution in [2.75, 3.05) is 20.8 Å². The number of benzene rings is 2. The zero-order valence-electron chi connectivity index (χ0n) is 16.2. The van der Waals surface area contributed by atoms with Crippen molar-refractivity contribution in [2.45, 2.75) is 17.9 Å². The quantitative estimate of drug-likeness (QED) is 0.642. The highest BCUT2D eigenvalue weighted by Gasteiger charge is 2.29. The molecule has 0 saturated heterocycles. The Balaban J connectivity index is 1.56. The van der Waals surface area contributed by atoms with Gasteiger partial charge < -0.3 is 9.47 Å². The Labute approximate surface area is 170 Å². The van der Waals surface area contributed by atoms with Crippen LogP contribution in [0.3, 0.4) is 0 Å². The summed E-state index contributed by atoms with van der Waals surface area (Å²) in [6.45, 7) is 0.632. The van der Waals surface area contributed by atoms with Gasteiger partial charge in [-0.05, 0) is 48.5 Å². The fourth-order valence-electron chi connectivity index (χ4n) is 3.27. The second kappa shape index (κ2) is 7.81. The summed E-state index contributed by atoms with van der Waals surface area (Å²) < 4.78 is 37.7. The van der Waals surface area contributed by atoms with Gasteiger partial charge in [-0.2, -0.15) is 4.31 Å². The molecule has 0 N–H and O–H groups in total. The van der Waals surface area contributed by atoms with Gasteiger partial charge in [0.05, 0.1) is 24.8 Å². The van der Waals surface area contributed by atoms with E-state index in [4.69, 9.17) is 9.47 Å². The molecule has 0 aliphatic carbocycles. The molecule has 0 amide bonds. The van der Waals surface area contributed by atoms with Crippen LogP contribution in [0.2, 0.25) is 0 Å². The minimum Gasteiger partial charge on any atom is -0.497 e. The lowest BCUT2D eigenvalue weighted by Crippen LogP contribution is -2.36. The number of hydrogen-bond acceptors (Lipinski definition) is 6. The van der Waals surface area contributed by atoms with Crippen LogP contribution >= 0.6 is 0 Å². The van der Waals surface area contributed by atoms with Gasteiger partial charge in [-0.15, -0.1) is 0 Å². The Bertz CT molecular complexity index is 1110. The first kappa shape index (κ1) is 19.4. The molecule has 0 saturated carbocycles. The van der Waals surface area contributed by atoms with Gasteiger partial charge >= 0.3 is 0 Å². The van der Waals surface area contributed by atoms with Gasteiger partial charge in [-0.3, -0.25) is 0 Å². The normalized spacial score (nSPS) is 14.3. The lowest BCUT2D eigenvalue weighted by atomic mass is 10.1. The van der Waals surface area contributed by atoms with Crippen LogP contribution in [0.25, 0.3) is 11.4 Å². The fourth-order valence-corrected chi connectivity index (χ4v) is 4.69. The predicted molar refractivity (Wildman–Crippen MR) is 108 cm³/mol. The highest BCUT2D eigenvalue weighted by molar-refractivity contribution is 7.89. The topological polar surface area (TPSA) is 81.6 Å². The van der Waals surface area contributed by atoms with Crippen molar-refractivity contribution in [2.24, 2.45) is 0 Å². The summed E-state index contributed by atoms with van der Waals surface area (Å²) in [7, 11) is -0.423. The maximum atomic E-state index is 13.0. The number of aromatic nitrogens is 2. The monoisotopic (exact) mass is 411 g/mol. The van der Waals surface area contributed by atoms with Crippen molar-refractivity contribution in [3.8, 4) is 22.9 Å². The number of ether oxygens (including phenoxy) is 2. The van der Waals surface area contributed by atoms with Crippen molar-refractivity contribution in [3.05, 3.63) is 66.0 Å². The number of sulfonamides is 1. The van der Waals surface area contributed by atoms with E-state index < -0.39 is 10.0 Å². The average molecular weight is 411 g/mol. The number of rotatable bonds is 5. The summed E-state index contributed by atoms with van der Waals surface area (Å²) in [4.78, 5) is 9.35. The molecule has 2 aromatic carbocycles. The molecule has 4 rings (SSSR count). The molecule has 0 bridgehead atoms. The SMILES string of the molecule is COc1ccc(-c2ncc3c(n2)CCN(S(=O)(=O)c2ccc(OC)cc2)C3)cc1. The Hall–Kier alpha value is -2.97. The molecule has 0 spiro atoms. The second-order valence-corrected chi connectivity index (χ2v) is 8.60. The van der Waals surface area contributed by atoms with Gasteiger partial charge in [0.15, 0.2) is 5.82 Å². The van der Waals surface area contributed by atoms with Crippen molar-refractivity contribution < 1.29 is 17.9 Å². The van der Waals surface area contributed by atoms with Crippen LogP contribution in [0.1, 0.15) is 11.3 Å². The molecule has 0 fully saturated rings. The lowest BCUT2D eigenvalue weighted by Gasteiger charge is -2.27. The van der Waals surface area contributed by atoms with E-state index in [9.17, 15) is 8.42 Å². The summed E-state index contributed by atoms with van der Waals surface area (Å²) in [5.74, 6) is 2.01. The third-order valence-electron chi connectivity index (χ3n) is 4.94. The Morgan fingerprint density at radius 3 is 2.17 bits per heavy atom. The van der Waals surface area contributed by atoms with Gasteiger partial charge in [-0.25, -0.2) is 18.4 Å². The van der Waals surface area contributed by atoms with Gasteiger partial charge in [0.1, 0.15) is 11.5 Å². The Morgan fingerprint density at radius 1 is 0.931 bits per heavy atom. The molecule has 0 atom stereocenters. The molecule has 29 heavy (non-hydrogen) atoms. The summed E-state index contributed by atoms with van der Waals surface area (Å²) in [6.07, 6.45) is 2.26. The summed E-state index contributed by atoms with van der Waals surface area (Å²) in [5, 5.41) is 0. The van der Waals surface area contributed by atoms with E-state index >= 15 is 0 Å². The third kappa shape index (κ3) is 3.81. The zero-order valence-corrected chi connectivity index (χ0v) is 17.0. The highest BCUT2D eigenvalue weighted by atomic mass is 32.2. The Kier molecular flexibility index (Phi) is 5.21. The smallest absolute Gasteiger partial charge is 0.243 e. The highest BCUT2D eigenvalue weighted by Crippen LogP contribution is 2.27. The van der Waals surface area contributed by atoms with E-state index in [2.05, 4.69) is 9.97 Å². The first-order valence-corrected chi connectivity index (χ1v) is 10.6. The van der Waals surface area contributed by atoms with Gasteiger partial charge in [-0.1, -0.05) is 0 Å². The standard InChI is InChI=1S/C21H21N3O4S/c1-27-17-5-3-15(4-6-17)21-22-13-16-14-24(12-11-20(16)23-21)29(25,26)19-9-7-18(28-2)8-10-19/h3-10,13H,11-12,14H2,1-2H3. The van der Waals surface area contributed by atoms with E-state index in [1.165, 1.54) is 4.31 Å².